The molecule has 0 radical (unpaired) electrons. The average Bonchev–Trinajstić information content (AvgIpc) is 3.05. The lowest BCUT2D eigenvalue weighted by atomic mass is 10.4. The van der Waals surface area contributed by atoms with Crippen molar-refractivity contribution in [3.63, 3.8) is 0 Å². The molecule has 2 rings (SSSR count). The summed E-state index contributed by atoms with van der Waals surface area (Å²) >= 11 is 0. The molecule has 8 heteroatoms. The van der Waals surface area contributed by atoms with Crippen LogP contribution in [-0.2, 0) is 22.7 Å². The number of nitrogens with one attached hydrogen (secondary N) is 2. The fourth-order valence-electron chi connectivity index (χ4n) is 1.77. The normalized spacial score (nSPS) is 10.4. The quantitative estimate of drug-likeness (QED) is 0.792. The van der Waals surface area contributed by atoms with Crippen molar-refractivity contribution in [2.24, 2.45) is 0 Å². The minimum absolute atomic E-state index is 0.123. The van der Waals surface area contributed by atoms with Crippen molar-refractivity contribution in [3.05, 3.63) is 30.4 Å². The summed E-state index contributed by atoms with van der Waals surface area (Å²) < 4.78 is 3.19. The monoisotopic (exact) mass is 290 g/mol. The third kappa shape index (κ3) is 4.44. The molecule has 21 heavy (non-hydrogen) atoms. The van der Waals surface area contributed by atoms with E-state index in [2.05, 4.69) is 20.8 Å². The smallest absolute Gasteiger partial charge is 0.241 e. The highest BCUT2D eigenvalue weighted by Crippen LogP contribution is 2.06. The van der Waals surface area contributed by atoms with Gasteiger partial charge in [0.05, 0.1) is 18.1 Å². The Kier molecular flexibility index (Phi) is 4.70. The number of amides is 2. The summed E-state index contributed by atoms with van der Waals surface area (Å²) in [5.74, 6) is -0.271. The van der Waals surface area contributed by atoms with Crippen molar-refractivity contribution >= 4 is 17.5 Å². The number of carbonyl (C=O) groups is 2. The molecule has 0 aliphatic carbocycles. The molecular formula is C13H18N6O2. The number of aromatic nitrogens is 4. The molecule has 2 aromatic rings. The van der Waals surface area contributed by atoms with Crippen LogP contribution < -0.4 is 10.6 Å². The van der Waals surface area contributed by atoms with Crippen LogP contribution in [0.3, 0.4) is 0 Å². The third-order valence-electron chi connectivity index (χ3n) is 2.83. The van der Waals surface area contributed by atoms with E-state index in [1.807, 2.05) is 13.1 Å². The molecule has 0 atom stereocenters. The van der Waals surface area contributed by atoms with Crippen LogP contribution >= 0.6 is 0 Å². The van der Waals surface area contributed by atoms with Crippen LogP contribution in [0.1, 0.15) is 12.0 Å². The van der Waals surface area contributed by atoms with Crippen LogP contribution in [0.2, 0.25) is 0 Å². The number of nitrogens with zero attached hydrogens (tertiary/aromatic N) is 4. The van der Waals surface area contributed by atoms with Gasteiger partial charge in [0.2, 0.25) is 11.8 Å². The minimum atomic E-state index is -0.148. The van der Waals surface area contributed by atoms with Crippen molar-refractivity contribution in [2.45, 2.75) is 26.4 Å². The van der Waals surface area contributed by atoms with E-state index < -0.39 is 0 Å². The maximum absolute atomic E-state index is 11.8. The zero-order chi connectivity index (χ0) is 15.2. The first-order valence-corrected chi connectivity index (χ1v) is 6.59. The Hall–Kier alpha value is -2.64. The first kappa shape index (κ1) is 14.8. The lowest BCUT2D eigenvalue weighted by molar-refractivity contribution is -0.121. The number of hydrogen-bond acceptors (Lipinski definition) is 4. The van der Waals surface area contributed by atoms with Crippen LogP contribution in [0.4, 0.5) is 5.69 Å². The highest BCUT2D eigenvalue weighted by atomic mass is 16.2. The van der Waals surface area contributed by atoms with Gasteiger partial charge in [0.25, 0.3) is 0 Å². The fraction of sp³-hybridized carbons (Fsp3) is 0.385. The van der Waals surface area contributed by atoms with E-state index in [-0.39, 0.29) is 18.4 Å². The minimum Gasteiger partial charge on any atom is -0.358 e. The van der Waals surface area contributed by atoms with Gasteiger partial charge in [-0.25, -0.2) is 0 Å². The summed E-state index contributed by atoms with van der Waals surface area (Å²) in [6, 6.07) is 0. The van der Waals surface area contributed by atoms with E-state index in [0.29, 0.717) is 18.7 Å². The molecule has 0 aliphatic rings. The molecule has 2 amide bonds. The Morgan fingerprint density at radius 3 is 2.57 bits per heavy atom. The number of aryl methyl sites for hydroxylation is 2. The molecule has 112 valence electrons. The van der Waals surface area contributed by atoms with E-state index in [1.54, 1.807) is 24.1 Å². The Balaban J connectivity index is 1.81. The standard InChI is InChI=1S/C13H18N6O2/c1-10-5-15-18(7-10)4-3-12(20)17-11-6-16-19(8-11)9-13(21)14-2/h5-8H,3-4,9H2,1-2H3,(H,14,21)(H,17,20). The Bertz CT molecular complexity index is 630. The molecule has 0 fully saturated rings. The van der Waals surface area contributed by atoms with Crippen molar-refractivity contribution < 1.29 is 9.59 Å². The molecule has 0 aliphatic heterocycles. The zero-order valence-electron chi connectivity index (χ0n) is 12.0. The number of carbonyl (C=O) groups excluding carboxylic acids is 2. The first-order chi connectivity index (χ1) is 10.1. The van der Waals surface area contributed by atoms with Crippen molar-refractivity contribution in [1.29, 1.82) is 0 Å². The predicted molar refractivity (Wildman–Crippen MR) is 76.5 cm³/mol. The molecule has 0 spiro atoms. The first-order valence-electron chi connectivity index (χ1n) is 6.59. The Labute approximate surface area is 122 Å². The number of likely N-dealkylation sites (N-methyl/N-ethyl adjacent to an activating group) is 1. The summed E-state index contributed by atoms with van der Waals surface area (Å²) in [7, 11) is 1.56. The topological polar surface area (TPSA) is 93.8 Å². The van der Waals surface area contributed by atoms with Gasteiger partial charge in [0.1, 0.15) is 6.54 Å². The highest BCUT2D eigenvalue weighted by Gasteiger charge is 2.07. The lowest BCUT2D eigenvalue weighted by Gasteiger charge is -2.03. The molecule has 2 N–H and O–H groups in total. The molecule has 8 nitrogen and oxygen atoms in total. The third-order valence-corrected chi connectivity index (χ3v) is 2.83. The molecular weight excluding hydrogens is 272 g/mol. The van der Waals surface area contributed by atoms with E-state index in [1.165, 1.54) is 10.9 Å². The van der Waals surface area contributed by atoms with Crippen LogP contribution in [0, 0.1) is 6.92 Å². The van der Waals surface area contributed by atoms with Crippen molar-refractivity contribution in [3.8, 4) is 0 Å². The van der Waals surface area contributed by atoms with Crippen LogP contribution in [0.25, 0.3) is 0 Å². The summed E-state index contributed by atoms with van der Waals surface area (Å²) in [5, 5.41) is 13.4. The number of anilines is 1. The van der Waals surface area contributed by atoms with E-state index in [9.17, 15) is 9.59 Å². The van der Waals surface area contributed by atoms with Gasteiger partial charge in [-0.1, -0.05) is 0 Å². The van der Waals surface area contributed by atoms with Gasteiger partial charge >= 0.3 is 0 Å². The zero-order valence-corrected chi connectivity index (χ0v) is 12.0. The number of hydrogen-bond donors (Lipinski definition) is 2. The molecule has 2 heterocycles. The van der Waals surface area contributed by atoms with Gasteiger partial charge in [-0.15, -0.1) is 0 Å². The second-order valence-corrected chi connectivity index (χ2v) is 4.68. The van der Waals surface area contributed by atoms with Gasteiger partial charge in [0.15, 0.2) is 0 Å². The van der Waals surface area contributed by atoms with E-state index in [0.717, 1.165) is 5.56 Å². The SMILES string of the molecule is CNC(=O)Cn1cc(NC(=O)CCn2cc(C)cn2)cn1. The highest BCUT2D eigenvalue weighted by molar-refractivity contribution is 5.90. The summed E-state index contributed by atoms with van der Waals surface area (Å²) in [4.78, 5) is 23.0. The van der Waals surface area contributed by atoms with E-state index in [4.69, 9.17) is 0 Å². The Morgan fingerprint density at radius 2 is 1.90 bits per heavy atom. The van der Waals surface area contributed by atoms with Crippen LogP contribution in [0.5, 0.6) is 0 Å². The van der Waals surface area contributed by atoms with Gasteiger partial charge in [-0.3, -0.25) is 19.0 Å². The van der Waals surface area contributed by atoms with Crippen molar-refractivity contribution in [2.75, 3.05) is 12.4 Å². The summed E-state index contributed by atoms with van der Waals surface area (Å²) in [6.07, 6.45) is 7.08. The second kappa shape index (κ2) is 6.69. The van der Waals surface area contributed by atoms with Crippen LogP contribution in [-0.4, -0.2) is 38.4 Å². The van der Waals surface area contributed by atoms with Crippen molar-refractivity contribution in [1.82, 2.24) is 24.9 Å². The average molecular weight is 290 g/mol. The summed E-state index contributed by atoms with van der Waals surface area (Å²) in [5.41, 5.74) is 1.63. The number of rotatable bonds is 6. The molecule has 2 aromatic heterocycles. The van der Waals surface area contributed by atoms with Gasteiger partial charge in [-0.05, 0) is 12.5 Å². The summed E-state index contributed by atoms with van der Waals surface area (Å²) in [6.45, 7) is 2.59. The maximum atomic E-state index is 11.8. The lowest BCUT2D eigenvalue weighted by Crippen LogP contribution is -2.23. The molecule has 0 bridgehead atoms. The molecule has 0 saturated carbocycles. The molecule has 0 saturated heterocycles. The fourth-order valence-corrected chi connectivity index (χ4v) is 1.77. The van der Waals surface area contributed by atoms with E-state index >= 15 is 0 Å². The largest absolute Gasteiger partial charge is 0.358 e. The predicted octanol–water partition coefficient (Wildman–Crippen LogP) is 0.163. The maximum Gasteiger partial charge on any atom is 0.241 e. The molecule has 0 unspecified atom stereocenters. The van der Waals surface area contributed by atoms with Gasteiger partial charge in [0, 0.05) is 32.4 Å². The molecule has 0 aromatic carbocycles. The Morgan fingerprint density at radius 1 is 1.14 bits per heavy atom. The van der Waals surface area contributed by atoms with Gasteiger partial charge < -0.3 is 10.6 Å². The second-order valence-electron chi connectivity index (χ2n) is 4.68. The van der Waals surface area contributed by atoms with Gasteiger partial charge in [-0.2, -0.15) is 10.2 Å². The van der Waals surface area contributed by atoms with Crippen LogP contribution in [0.15, 0.2) is 24.8 Å².